The minimum absolute atomic E-state index is 0.00942. The maximum atomic E-state index is 12.3. The summed E-state index contributed by atoms with van der Waals surface area (Å²) in [6, 6.07) is 6.37. The minimum Gasteiger partial charge on any atom is -0.508 e. The average molecular weight is 260 g/mol. The Bertz CT molecular complexity index is 508. The van der Waals surface area contributed by atoms with Crippen molar-refractivity contribution in [3.8, 4) is 5.75 Å². The lowest BCUT2D eigenvalue weighted by Gasteiger charge is -2.32. The third kappa shape index (κ3) is 2.54. The van der Waals surface area contributed by atoms with Crippen molar-refractivity contribution in [3.63, 3.8) is 0 Å². The number of nitrogens with one attached hydrogen (secondary N) is 1. The number of hydrogen-bond acceptors (Lipinski definition) is 3. The summed E-state index contributed by atoms with van der Waals surface area (Å²) < 4.78 is 0. The van der Waals surface area contributed by atoms with E-state index >= 15 is 0 Å². The summed E-state index contributed by atoms with van der Waals surface area (Å²) in [6.45, 7) is 0.526. The lowest BCUT2D eigenvalue weighted by molar-refractivity contribution is -0.145. The first-order valence-corrected chi connectivity index (χ1v) is 6.49. The second-order valence-electron chi connectivity index (χ2n) is 5.24. The maximum absolute atomic E-state index is 12.3. The zero-order chi connectivity index (χ0) is 13.4. The molecule has 1 unspecified atom stereocenters. The summed E-state index contributed by atoms with van der Waals surface area (Å²) in [5.74, 6) is 0.437. The number of phenols is 1. The molecule has 2 fully saturated rings. The summed E-state index contributed by atoms with van der Waals surface area (Å²) in [5, 5.41) is 12.0. The van der Waals surface area contributed by atoms with Gasteiger partial charge in [0, 0.05) is 6.54 Å². The zero-order valence-corrected chi connectivity index (χ0v) is 10.5. The molecule has 0 spiro atoms. The van der Waals surface area contributed by atoms with Crippen LogP contribution in [0.5, 0.6) is 5.75 Å². The van der Waals surface area contributed by atoms with E-state index in [1.807, 2.05) is 0 Å². The molecule has 0 aromatic heterocycles. The Morgan fingerprint density at radius 1 is 1.21 bits per heavy atom. The monoisotopic (exact) mass is 260 g/mol. The standard InChI is InChI=1S/C14H16N2O3/c17-11-5-1-9(2-6-11)7-16-8-12(18)15-13(14(16)19)10-3-4-10/h1-2,5-6,10,13,17H,3-4,7-8H2,(H,15,18). The topological polar surface area (TPSA) is 69.6 Å². The number of piperazine rings is 1. The van der Waals surface area contributed by atoms with Crippen molar-refractivity contribution in [3.05, 3.63) is 29.8 Å². The Labute approximate surface area is 111 Å². The molecule has 1 aromatic rings. The Hall–Kier alpha value is -2.04. The Balaban J connectivity index is 1.73. The first-order chi connectivity index (χ1) is 9.13. The average Bonchev–Trinajstić information content (AvgIpc) is 3.20. The lowest BCUT2D eigenvalue weighted by atomic mass is 10.1. The number of carbonyl (C=O) groups excluding carboxylic acids is 2. The molecule has 1 aromatic carbocycles. The second kappa shape index (κ2) is 4.57. The van der Waals surface area contributed by atoms with Crippen molar-refractivity contribution in [1.82, 2.24) is 10.2 Å². The van der Waals surface area contributed by atoms with E-state index in [1.165, 1.54) is 0 Å². The van der Waals surface area contributed by atoms with E-state index in [9.17, 15) is 14.7 Å². The van der Waals surface area contributed by atoms with Crippen molar-refractivity contribution in [2.45, 2.75) is 25.4 Å². The third-order valence-electron chi connectivity index (χ3n) is 3.63. The van der Waals surface area contributed by atoms with Gasteiger partial charge in [-0.3, -0.25) is 9.59 Å². The minimum atomic E-state index is -0.335. The molecule has 2 amide bonds. The molecule has 19 heavy (non-hydrogen) atoms. The van der Waals surface area contributed by atoms with Crippen LogP contribution in [0.2, 0.25) is 0 Å². The molecule has 1 aliphatic carbocycles. The molecule has 5 nitrogen and oxygen atoms in total. The number of rotatable bonds is 3. The number of benzene rings is 1. The van der Waals surface area contributed by atoms with E-state index < -0.39 is 0 Å². The Morgan fingerprint density at radius 2 is 1.89 bits per heavy atom. The van der Waals surface area contributed by atoms with Gasteiger partial charge in [0.25, 0.3) is 0 Å². The quantitative estimate of drug-likeness (QED) is 0.837. The fourth-order valence-electron chi connectivity index (χ4n) is 2.43. The van der Waals surface area contributed by atoms with Crippen LogP contribution in [0, 0.1) is 5.92 Å². The number of amides is 2. The number of carbonyl (C=O) groups is 2. The van der Waals surface area contributed by atoms with Gasteiger partial charge in [0.05, 0.1) is 6.54 Å². The zero-order valence-electron chi connectivity index (χ0n) is 10.5. The van der Waals surface area contributed by atoms with Gasteiger partial charge in [0.15, 0.2) is 0 Å². The number of aromatic hydroxyl groups is 1. The summed E-state index contributed by atoms with van der Waals surface area (Å²) in [5.41, 5.74) is 0.912. The van der Waals surface area contributed by atoms with Crippen LogP contribution in [0.4, 0.5) is 0 Å². The molecule has 1 heterocycles. The number of nitrogens with zero attached hydrogens (tertiary/aromatic N) is 1. The molecule has 1 saturated heterocycles. The summed E-state index contributed by atoms with van der Waals surface area (Å²) in [6.07, 6.45) is 2.04. The molecule has 100 valence electrons. The highest BCUT2D eigenvalue weighted by Crippen LogP contribution is 2.34. The van der Waals surface area contributed by atoms with Crippen LogP contribution >= 0.6 is 0 Å². The molecular weight excluding hydrogens is 244 g/mol. The Kier molecular flexibility index (Phi) is 2.89. The fraction of sp³-hybridized carbons (Fsp3) is 0.429. The predicted octanol–water partition coefficient (Wildman–Crippen LogP) is 0.629. The van der Waals surface area contributed by atoms with Gasteiger partial charge in [-0.2, -0.15) is 0 Å². The molecule has 2 aliphatic rings. The molecule has 1 saturated carbocycles. The van der Waals surface area contributed by atoms with Gasteiger partial charge in [-0.1, -0.05) is 12.1 Å². The Morgan fingerprint density at radius 3 is 2.53 bits per heavy atom. The van der Waals surface area contributed by atoms with Crippen LogP contribution in [-0.4, -0.2) is 34.4 Å². The molecule has 0 bridgehead atoms. The van der Waals surface area contributed by atoms with Gasteiger partial charge in [-0.25, -0.2) is 0 Å². The third-order valence-corrected chi connectivity index (χ3v) is 3.63. The van der Waals surface area contributed by atoms with Gasteiger partial charge in [-0.05, 0) is 36.5 Å². The van der Waals surface area contributed by atoms with E-state index in [0.29, 0.717) is 12.5 Å². The first-order valence-electron chi connectivity index (χ1n) is 6.49. The highest BCUT2D eigenvalue weighted by molar-refractivity contribution is 5.95. The van der Waals surface area contributed by atoms with Gasteiger partial charge in [-0.15, -0.1) is 0 Å². The fourth-order valence-corrected chi connectivity index (χ4v) is 2.43. The molecule has 5 heteroatoms. The van der Waals surface area contributed by atoms with E-state index in [1.54, 1.807) is 29.2 Å². The largest absolute Gasteiger partial charge is 0.508 e. The van der Waals surface area contributed by atoms with Gasteiger partial charge >= 0.3 is 0 Å². The number of phenolic OH excluding ortho intramolecular Hbond substituents is 1. The van der Waals surface area contributed by atoms with Crippen molar-refractivity contribution < 1.29 is 14.7 Å². The van der Waals surface area contributed by atoms with Crippen LogP contribution in [0.25, 0.3) is 0 Å². The van der Waals surface area contributed by atoms with Gasteiger partial charge < -0.3 is 15.3 Å². The highest BCUT2D eigenvalue weighted by atomic mass is 16.3. The van der Waals surface area contributed by atoms with Gasteiger partial charge in [0.2, 0.25) is 11.8 Å². The van der Waals surface area contributed by atoms with Crippen LogP contribution in [0.1, 0.15) is 18.4 Å². The summed E-state index contributed by atoms with van der Waals surface area (Å²) in [7, 11) is 0. The van der Waals surface area contributed by atoms with Crippen molar-refractivity contribution in [2.75, 3.05) is 6.54 Å². The van der Waals surface area contributed by atoms with E-state index in [2.05, 4.69) is 5.32 Å². The summed E-state index contributed by atoms with van der Waals surface area (Å²) >= 11 is 0. The maximum Gasteiger partial charge on any atom is 0.246 e. The SMILES string of the molecule is O=C1CN(Cc2ccc(O)cc2)C(=O)C(C2CC2)N1. The second-order valence-corrected chi connectivity index (χ2v) is 5.24. The van der Waals surface area contributed by atoms with Crippen LogP contribution in [0.15, 0.2) is 24.3 Å². The lowest BCUT2D eigenvalue weighted by Crippen LogP contribution is -2.58. The molecule has 3 rings (SSSR count). The highest BCUT2D eigenvalue weighted by Gasteiger charge is 2.42. The molecule has 0 radical (unpaired) electrons. The molecule has 2 N–H and O–H groups in total. The van der Waals surface area contributed by atoms with Crippen LogP contribution < -0.4 is 5.32 Å². The van der Waals surface area contributed by atoms with Crippen molar-refractivity contribution in [1.29, 1.82) is 0 Å². The van der Waals surface area contributed by atoms with E-state index in [-0.39, 0.29) is 30.2 Å². The smallest absolute Gasteiger partial charge is 0.246 e. The predicted molar refractivity (Wildman–Crippen MR) is 68.2 cm³/mol. The van der Waals surface area contributed by atoms with Crippen LogP contribution in [0.3, 0.4) is 0 Å². The molecular formula is C14H16N2O3. The van der Waals surface area contributed by atoms with E-state index in [4.69, 9.17) is 0 Å². The number of hydrogen-bond donors (Lipinski definition) is 2. The molecule has 1 atom stereocenters. The first kappa shape index (κ1) is 12.0. The van der Waals surface area contributed by atoms with E-state index in [0.717, 1.165) is 18.4 Å². The van der Waals surface area contributed by atoms with Crippen molar-refractivity contribution >= 4 is 11.8 Å². The normalized spacial score (nSPS) is 23.4. The summed E-state index contributed by atoms with van der Waals surface area (Å²) in [4.78, 5) is 25.5. The van der Waals surface area contributed by atoms with Crippen LogP contribution in [-0.2, 0) is 16.1 Å². The van der Waals surface area contributed by atoms with Gasteiger partial charge in [0.1, 0.15) is 11.8 Å². The molecule has 1 aliphatic heterocycles. The van der Waals surface area contributed by atoms with Crippen molar-refractivity contribution in [2.24, 2.45) is 5.92 Å².